The molecular formula is C14H18O3. The normalized spacial score (nSPS) is 12.4. The average Bonchev–Trinajstić information content (AvgIpc) is 2.36. The molecule has 0 spiro atoms. The van der Waals surface area contributed by atoms with E-state index >= 15 is 0 Å². The predicted molar refractivity (Wildman–Crippen MR) is 67.7 cm³/mol. The van der Waals surface area contributed by atoms with Crippen LogP contribution in [0.5, 0.6) is 0 Å². The monoisotopic (exact) mass is 234 g/mol. The molecule has 0 amide bonds. The molecule has 0 N–H and O–H groups in total. The third kappa shape index (κ3) is 5.20. The van der Waals surface area contributed by atoms with Gasteiger partial charge in [-0.1, -0.05) is 43.3 Å². The molecule has 0 aliphatic carbocycles. The second kappa shape index (κ2) is 7.49. The number of hydrogen-bond acceptors (Lipinski definition) is 3. The third-order valence-corrected chi connectivity index (χ3v) is 2.22. The Balaban J connectivity index is 2.52. The molecule has 0 saturated carbocycles. The SMILES string of the molecule is CCOC(=O)OC(/C=C/c1ccccc1)CC. The summed E-state index contributed by atoms with van der Waals surface area (Å²) >= 11 is 0. The number of carbonyl (C=O) groups excluding carboxylic acids is 1. The zero-order chi connectivity index (χ0) is 12.5. The van der Waals surface area contributed by atoms with E-state index < -0.39 is 6.16 Å². The van der Waals surface area contributed by atoms with Gasteiger partial charge in [0.15, 0.2) is 0 Å². The summed E-state index contributed by atoms with van der Waals surface area (Å²) in [6.45, 7) is 4.04. The summed E-state index contributed by atoms with van der Waals surface area (Å²) in [5.74, 6) is 0. The molecule has 0 aliphatic heterocycles. The Morgan fingerprint density at radius 1 is 1.29 bits per heavy atom. The lowest BCUT2D eigenvalue weighted by atomic mass is 10.1. The smallest absolute Gasteiger partial charge is 0.435 e. The Bertz CT molecular complexity index is 357. The van der Waals surface area contributed by atoms with E-state index in [1.165, 1.54) is 0 Å². The largest absolute Gasteiger partial charge is 0.508 e. The van der Waals surface area contributed by atoms with Crippen LogP contribution in [0, 0.1) is 0 Å². The Hall–Kier alpha value is -1.77. The molecule has 0 aromatic heterocycles. The van der Waals surface area contributed by atoms with Gasteiger partial charge in [-0.15, -0.1) is 0 Å². The molecular weight excluding hydrogens is 216 g/mol. The maximum absolute atomic E-state index is 11.1. The molecule has 17 heavy (non-hydrogen) atoms. The zero-order valence-electron chi connectivity index (χ0n) is 10.3. The van der Waals surface area contributed by atoms with Gasteiger partial charge in [-0.25, -0.2) is 4.79 Å². The first-order valence-electron chi connectivity index (χ1n) is 5.83. The van der Waals surface area contributed by atoms with E-state index in [4.69, 9.17) is 9.47 Å². The first kappa shape index (κ1) is 13.3. The van der Waals surface area contributed by atoms with Gasteiger partial charge in [0.25, 0.3) is 0 Å². The van der Waals surface area contributed by atoms with Crippen LogP contribution in [0.4, 0.5) is 4.79 Å². The maximum Gasteiger partial charge on any atom is 0.508 e. The van der Waals surface area contributed by atoms with Gasteiger partial charge in [-0.05, 0) is 25.0 Å². The van der Waals surface area contributed by atoms with Crippen LogP contribution in [0.2, 0.25) is 0 Å². The third-order valence-electron chi connectivity index (χ3n) is 2.22. The van der Waals surface area contributed by atoms with E-state index in [0.717, 1.165) is 12.0 Å². The van der Waals surface area contributed by atoms with Gasteiger partial charge in [0.1, 0.15) is 6.10 Å². The van der Waals surface area contributed by atoms with Crippen molar-refractivity contribution in [3.05, 3.63) is 42.0 Å². The predicted octanol–water partition coefficient (Wildman–Crippen LogP) is 3.65. The molecule has 0 saturated heterocycles. The molecule has 1 unspecified atom stereocenters. The van der Waals surface area contributed by atoms with Gasteiger partial charge in [0.2, 0.25) is 0 Å². The zero-order valence-corrected chi connectivity index (χ0v) is 10.3. The molecule has 3 nitrogen and oxygen atoms in total. The Kier molecular flexibility index (Phi) is 5.86. The first-order valence-corrected chi connectivity index (χ1v) is 5.83. The molecule has 0 fully saturated rings. The molecule has 0 heterocycles. The number of hydrogen-bond donors (Lipinski definition) is 0. The molecule has 3 heteroatoms. The van der Waals surface area contributed by atoms with Crippen LogP contribution in [0.3, 0.4) is 0 Å². The van der Waals surface area contributed by atoms with Crippen LogP contribution in [0.1, 0.15) is 25.8 Å². The van der Waals surface area contributed by atoms with Crippen LogP contribution < -0.4 is 0 Å². The standard InChI is InChI=1S/C14H18O3/c1-3-13(17-14(15)16-4-2)11-10-12-8-6-5-7-9-12/h5-11,13H,3-4H2,1-2H3/b11-10+. The molecule has 1 aromatic carbocycles. The van der Waals surface area contributed by atoms with Gasteiger partial charge >= 0.3 is 6.16 Å². The lowest BCUT2D eigenvalue weighted by molar-refractivity contribution is 0.0398. The van der Waals surface area contributed by atoms with E-state index in [0.29, 0.717) is 6.61 Å². The fourth-order valence-electron chi connectivity index (χ4n) is 1.32. The minimum absolute atomic E-state index is 0.241. The summed E-state index contributed by atoms with van der Waals surface area (Å²) in [6.07, 6.45) is 3.67. The highest BCUT2D eigenvalue weighted by Gasteiger charge is 2.09. The van der Waals surface area contributed by atoms with Gasteiger partial charge in [-0.2, -0.15) is 0 Å². The molecule has 92 valence electrons. The molecule has 1 aromatic rings. The van der Waals surface area contributed by atoms with Crippen molar-refractivity contribution in [2.75, 3.05) is 6.61 Å². The van der Waals surface area contributed by atoms with Crippen LogP contribution in [-0.4, -0.2) is 18.9 Å². The van der Waals surface area contributed by atoms with Gasteiger partial charge < -0.3 is 9.47 Å². The minimum Gasteiger partial charge on any atom is -0.435 e. The van der Waals surface area contributed by atoms with Crippen LogP contribution in [-0.2, 0) is 9.47 Å². The van der Waals surface area contributed by atoms with E-state index in [2.05, 4.69) is 0 Å². The summed E-state index contributed by atoms with van der Waals surface area (Å²) < 4.78 is 9.85. The lowest BCUT2D eigenvalue weighted by Gasteiger charge is -2.11. The number of carbonyl (C=O) groups is 1. The van der Waals surface area contributed by atoms with Crippen molar-refractivity contribution in [1.29, 1.82) is 0 Å². The fraction of sp³-hybridized carbons (Fsp3) is 0.357. The van der Waals surface area contributed by atoms with Crippen molar-refractivity contribution < 1.29 is 14.3 Å². The second-order valence-corrected chi connectivity index (χ2v) is 3.52. The highest BCUT2D eigenvalue weighted by molar-refractivity contribution is 5.60. The summed E-state index contributed by atoms with van der Waals surface area (Å²) in [6, 6.07) is 9.88. The quantitative estimate of drug-likeness (QED) is 0.729. The summed E-state index contributed by atoms with van der Waals surface area (Å²) in [7, 11) is 0. The summed E-state index contributed by atoms with van der Waals surface area (Å²) in [5.41, 5.74) is 1.08. The molecule has 0 aliphatic rings. The topological polar surface area (TPSA) is 35.5 Å². The van der Waals surface area contributed by atoms with E-state index in [1.807, 2.05) is 49.4 Å². The van der Waals surface area contributed by atoms with Crippen molar-refractivity contribution >= 4 is 12.2 Å². The van der Waals surface area contributed by atoms with Crippen molar-refractivity contribution in [1.82, 2.24) is 0 Å². The average molecular weight is 234 g/mol. The lowest BCUT2D eigenvalue weighted by Crippen LogP contribution is -2.16. The van der Waals surface area contributed by atoms with Gasteiger partial charge in [0, 0.05) is 0 Å². The Labute approximate surface area is 102 Å². The van der Waals surface area contributed by atoms with Crippen molar-refractivity contribution in [3.8, 4) is 0 Å². The minimum atomic E-state index is -0.614. The Morgan fingerprint density at radius 3 is 2.59 bits per heavy atom. The number of benzene rings is 1. The maximum atomic E-state index is 11.1. The van der Waals surface area contributed by atoms with E-state index in [1.54, 1.807) is 6.92 Å². The molecule has 1 atom stereocenters. The highest BCUT2D eigenvalue weighted by Crippen LogP contribution is 2.07. The van der Waals surface area contributed by atoms with E-state index in [9.17, 15) is 4.79 Å². The fourth-order valence-corrected chi connectivity index (χ4v) is 1.32. The molecule has 1 rings (SSSR count). The second-order valence-electron chi connectivity index (χ2n) is 3.52. The number of rotatable bonds is 5. The van der Waals surface area contributed by atoms with Crippen LogP contribution >= 0.6 is 0 Å². The van der Waals surface area contributed by atoms with E-state index in [-0.39, 0.29) is 6.10 Å². The van der Waals surface area contributed by atoms with Gasteiger partial charge in [-0.3, -0.25) is 0 Å². The van der Waals surface area contributed by atoms with Crippen LogP contribution in [0.25, 0.3) is 6.08 Å². The van der Waals surface area contributed by atoms with Crippen molar-refractivity contribution in [2.24, 2.45) is 0 Å². The molecule has 0 bridgehead atoms. The van der Waals surface area contributed by atoms with Crippen molar-refractivity contribution in [2.45, 2.75) is 26.4 Å². The number of ether oxygens (including phenoxy) is 2. The first-order chi connectivity index (χ1) is 8.26. The summed E-state index contributed by atoms with van der Waals surface area (Å²) in [5, 5.41) is 0. The Morgan fingerprint density at radius 2 is 2.00 bits per heavy atom. The summed E-state index contributed by atoms with van der Waals surface area (Å²) in [4.78, 5) is 11.1. The van der Waals surface area contributed by atoms with Crippen molar-refractivity contribution in [3.63, 3.8) is 0 Å². The molecule has 0 radical (unpaired) electrons. The highest BCUT2D eigenvalue weighted by atomic mass is 16.7. The van der Waals surface area contributed by atoms with Gasteiger partial charge in [0.05, 0.1) is 6.61 Å². The van der Waals surface area contributed by atoms with Crippen LogP contribution in [0.15, 0.2) is 36.4 Å².